The van der Waals surface area contributed by atoms with Gasteiger partial charge in [-0.05, 0) is 49.9 Å². The molecule has 0 atom stereocenters. The average molecular weight is 656 g/mol. The van der Waals surface area contributed by atoms with E-state index >= 15 is 0 Å². The predicted octanol–water partition coefficient (Wildman–Crippen LogP) is 6.47. The molecule has 2 aromatic heterocycles. The fourth-order valence-electron chi connectivity index (χ4n) is 6.35. The summed E-state index contributed by atoms with van der Waals surface area (Å²) < 4.78 is 54.2. The van der Waals surface area contributed by atoms with Crippen LogP contribution >= 0.6 is 11.6 Å². The summed E-state index contributed by atoms with van der Waals surface area (Å²) in [7, 11) is 1.57. The first-order chi connectivity index (χ1) is 22.1. The number of rotatable bonds is 4. The molecule has 0 unspecified atom stereocenters. The number of aliphatic carboxylic acids is 1. The number of benzene rings is 2. The molecule has 2 aromatic carbocycles. The van der Waals surface area contributed by atoms with Crippen molar-refractivity contribution in [2.24, 2.45) is 0 Å². The van der Waals surface area contributed by atoms with Gasteiger partial charge in [-0.3, -0.25) is 9.20 Å². The summed E-state index contributed by atoms with van der Waals surface area (Å²) in [4.78, 5) is 19.4. The smallest absolute Gasteiger partial charge is 0.307 e. The maximum absolute atomic E-state index is 14.5. The van der Waals surface area contributed by atoms with Crippen molar-refractivity contribution in [2.45, 2.75) is 45.3 Å². The van der Waals surface area contributed by atoms with Gasteiger partial charge in [-0.1, -0.05) is 29.8 Å². The summed E-state index contributed by atoms with van der Waals surface area (Å²) in [5, 5.41) is 10.3. The molecule has 9 nitrogen and oxygen atoms in total. The van der Waals surface area contributed by atoms with E-state index in [0.717, 1.165) is 23.3 Å². The molecule has 0 amide bonds. The Bertz CT molecular complexity index is 1790. The van der Waals surface area contributed by atoms with Crippen LogP contribution in [0.2, 0.25) is 5.15 Å². The lowest BCUT2D eigenvalue weighted by Gasteiger charge is -2.41. The van der Waals surface area contributed by atoms with Gasteiger partial charge in [0.25, 0.3) is 0 Å². The molecular formula is C34H36ClF2N3O6. The number of anilines is 1. The van der Waals surface area contributed by atoms with Gasteiger partial charge in [-0.15, -0.1) is 0 Å². The molecule has 7 rings (SSSR count). The zero-order valence-corrected chi connectivity index (χ0v) is 26.8. The van der Waals surface area contributed by atoms with Crippen LogP contribution in [0.25, 0.3) is 28.0 Å². The number of carbonyl (C=O) groups is 1. The molecule has 46 heavy (non-hydrogen) atoms. The van der Waals surface area contributed by atoms with E-state index in [9.17, 15) is 18.7 Å². The lowest BCUT2D eigenvalue weighted by Crippen LogP contribution is -2.45. The molecule has 1 fully saturated rings. The molecule has 6 bridgehead atoms. The monoisotopic (exact) mass is 655 g/mol. The number of imidazole rings is 1. The van der Waals surface area contributed by atoms with Gasteiger partial charge < -0.3 is 29.0 Å². The largest absolute Gasteiger partial charge is 0.490 e. The highest BCUT2D eigenvalue weighted by Crippen LogP contribution is 2.41. The van der Waals surface area contributed by atoms with Gasteiger partial charge in [0, 0.05) is 48.5 Å². The topological polar surface area (TPSA) is 94.8 Å². The highest BCUT2D eigenvalue weighted by Gasteiger charge is 2.35. The third-order valence-corrected chi connectivity index (χ3v) is 9.20. The number of halogens is 3. The Hall–Kier alpha value is -3.77. The van der Waals surface area contributed by atoms with Crippen molar-refractivity contribution in [3.05, 3.63) is 69.9 Å². The predicted molar refractivity (Wildman–Crippen MR) is 170 cm³/mol. The number of ether oxygens (including phenoxy) is 4. The van der Waals surface area contributed by atoms with Crippen molar-refractivity contribution < 1.29 is 37.6 Å². The third kappa shape index (κ3) is 6.16. The minimum Gasteiger partial charge on any atom is -0.490 e. The van der Waals surface area contributed by atoms with Crippen LogP contribution in [-0.4, -0.2) is 72.7 Å². The first-order valence-corrected chi connectivity index (χ1v) is 15.6. The fourth-order valence-corrected chi connectivity index (χ4v) is 6.66. The number of carboxylic acid groups (broad SMARTS) is 1. The van der Waals surface area contributed by atoms with Gasteiger partial charge in [0.2, 0.25) is 0 Å². The van der Waals surface area contributed by atoms with Crippen molar-refractivity contribution in [1.29, 1.82) is 0 Å². The van der Waals surface area contributed by atoms with Crippen molar-refractivity contribution in [2.75, 3.05) is 51.5 Å². The number of piperidine rings is 1. The summed E-state index contributed by atoms with van der Waals surface area (Å²) in [6.07, 6.45) is 1.18. The van der Waals surface area contributed by atoms with Crippen LogP contribution in [0.4, 0.5) is 14.6 Å². The van der Waals surface area contributed by atoms with Crippen molar-refractivity contribution in [3.8, 4) is 28.1 Å². The highest BCUT2D eigenvalue weighted by molar-refractivity contribution is 6.32. The molecule has 0 radical (unpaired) electrons. The fraction of sp³-hybridized carbons (Fsp3) is 0.412. The Morgan fingerprint density at radius 1 is 1.07 bits per heavy atom. The number of hydrogen-bond acceptors (Lipinski definition) is 7. The molecule has 4 aromatic rings. The van der Waals surface area contributed by atoms with E-state index in [0.29, 0.717) is 83.7 Å². The van der Waals surface area contributed by atoms with E-state index in [4.69, 9.17) is 35.5 Å². The van der Waals surface area contributed by atoms with Crippen LogP contribution in [0.3, 0.4) is 0 Å². The van der Waals surface area contributed by atoms with Crippen molar-refractivity contribution in [1.82, 2.24) is 9.38 Å². The number of aromatic nitrogens is 2. The first kappa shape index (κ1) is 32.2. The first-order valence-electron chi connectivity index (χ1n) is 15.2. The van der Waals surface area contributed by atoms with E-state index in [1.165, 1.54) is 0 Å². The van der Waals surface area contributed by atoms with Gasteiger partial charge in [0.15, 0.2) is 11.6 Å². The average Bonchev–Trinajstić information content (AvgIpc) is 3.37. The minimum atomic E-state index is -1.02. The number of hydrogen-bond donors (Lipinski definition) is 1. The molecule has 3 aliphatic rings. The van der Waals surface area contributed by atoms with Crippen LogP contribution in [0.5, 0.6) is 5.75 Å². The molecule has 1 N–H and O–H groups in total. The van der Waals surface area contributed by atoms with Gasteiger partial charge in [0.1, 0.15) is 34.7 Å². The Balaban J connectivity index is 1.59. The Morgan fingerprint density at radius 3 is 2.52 bits per heavy atom. The lowest BCUT2D eigenvalue weighted by molar-refractivity contribution is -0.136. The molecule has 1 saturated heterocycles. The maximum Gasteiger partial charge on any atom is 0.307 e. The molecular weight excluding hydrogens is 620 g/mol. The molecule has 0 saturated carbocycles. The van der Waals surface area contributed by atoms with Crippen LogP contribution < -0.4 is 9.64 Å². The quantitative estimate of drug-likeness (QED) is 0.250. The van der Waals surface area contributed by atoms with E-state index in [1.54, 1.807) is 25.3 Å². The summed E-state index contributed by atoms with van der Waals surface area (Å²) in [5.74, 6) is -2.15. The minimum absolute atomic E-state index is 0.130. The van der Waals surface area contributed by atoms with Crippen molar-refractivity contribution >= 4 is 29.0 Å². The number of nitrogens with zero attached hydrogens (tertiary/aromatic N) is 3. The molecule has 12 heteroatoms. The molecule has 244 valence electrons. The Morgan fingerprint density at radius 2 is 1.78 bits per heavy atom. The second kappa shape index (κ2) is 13.2. The van der Waals surface area contributed by atoms with Crippen LogP contribution in [0.15, 0.2) is 36.4 Å². The van der Waals surface area contributed by atoms with Crippen LogP contribution in [0, 0.1) is 18.6 Å². The Labute approximate surface area is 270 Å². The molecule has 0 aliphatic carbocycles. The SMILES string of the molecule is COCc1c(C)c(CC(=O)O)c2n3c(Cl)c(nc13)-c1cccc(c1)-c1cc(F)c(F)cc1OCCOCCOC1(C)CCN2CC1. The van der Waals surface area contributed by atoms with Crippen LogP contribution in [0.1, 0.15) is 36.5 Å². The molecule has 5 heterocycles. The third-order valence-electron chi connectivity index (χ3n) is 8.85. The Kier molecular flexibility index (Phi) is 9.20. The highest BCUT2D eigenvalue weighted by atomic mass is 35.5. The second-order valence-corrected chi connectivity index (χ2v) is 12.3. The van der Waals surface area contributed by atoms with E-state index in [-0.39, 0.29) is 32.0 Å². The number of carboxylic acids is 1. The van der Waals surface area contributed by atoms with Crippen molar-refractivity contribution in [3.63, 3.8) is 0 Å². The molecule has 0 spiro atoms. The standard InChI is InChI=1S/C34H36ClF2N3O6/c1-20-23(17-29(41)42)33-39-9-7-34(2,8-10-39)46-14-12-44-11-13-45-28-18-27(37)26(36)16-24(28)21-5-4-6-22(15-21)30-31(35)40(33)32(38-30)25(20)19-43-3/h4-6,15-16,18H,7-14,17,19H2,1-3H3,(H,41,42). The number of fused-ring (bicyclic) bond motifs is 8. The summed E-state index contributed by atoms with van der Waals surface area (Å²) in [5.41, 5.74) is 4.30. The lowest BCUT2D eigenvalue weighted by atomic mass is 9.92. The van der Waals surface area contributed by atoms with Gasteiger partial charge in [0.05, 0.1) is 38.4 Å². The summed E-state index contributed by atoms with van der Waals surface area (Å²) >= 11 is 7.22. The van der Waals surface area contributed by atoms with E-state index in [1.807, 2.05) is 17.4 Å². The second-order valence-electron chi connectivity index (χ2n) is 11.9. The summed E-state index contributed by atoms with van der Waals surface area (Å²) in [6, 6.07) is 9.33. The zero-order chi connectivity index (χ0) is 32.6. The van der Waals surface area contributed by atoms with E-state index in [2.05, 4.69) is 11.8 Å². The zero-order valence-electron chi connectivity index (χ0n) is 26.0. The normalized spacial score (nSPS) is 16.8. The number of pyridine rings is 1. The van der Waals surface area contributed by atoms with Gasteiger partial charge in [-0.25, -0.2) is 13.8 Å². The molecule has 3 aliphatic heterocycles. The van der Waals surface area contributed by atoms with Gasteiger partial charge >= 0.3 is 5.97 Å². The summed E-state index contributed by atoms with van der Waals surface area (Å²) in [6.45, 7) is 6.44. The van der Waals surface area contributed by atoms with Crippen LogP contribution in [-0.2, 0) is 32.0 Å². The number of methoxy groups -OCH3 is 1. The van der Waals surface area contributed by atoms with Gasteiger partial charge in [-0.2, -0.15) is 0 Å². The van der Waals surface area contributed by atoms with E-state index < -0.39 is 23.2 Å². The maximum atomic E-state index is 14.5.